The van der Waals surface area contributed by atoms with Gasteiger partial charge in [0.05, 0.1) is 6.42 Å². The maximum absolute atomic E-state index is 14.0. The van der Waals surface area contributed by atoms with Crippen LogP contribution in [-0.4, -0.2) is 22.3 Å². The predicted molar refractivity (Wildman–Crippen MR) is 133 cm³/mol. The van der Waals surface area contributed by atoms with Crippen LogP contribution in [0, 0.1) is 12.7 Å². The second-order valence-electron chi connectivity index (χ2n) is 8.01. The Morgan fingerprint density at radius 1 is 1.08 bits per heavy atom. The number of anilines is 1. The van der Waals surface area contributed by atoms with Crippen molar-refractivity contribution in [3.05, 3.63) is 95.4 Å². The maximum Gasteiger partial charge on any atom is 0.412 e. The first-order chi connectivity index (χ1) is 17.3. The number of nitrogens with one attached hydrogen (secondary N) is 1. The number of halogens is 1. The van der Waals surface area contributed by atoms with Gasteiger partial charge in [-0.3, -0.25) is 10.1 Å². The van der Waals surface area contributed by atoms with E-state index in [1.54, 1.807) is 38.1 Å². The van der Waals surface area contributed by atoms with Gasteiger partial charge < -0.3 is 14.4 Å². The highest BCUT2D eigenvalue weighted by Gasteiger charge is 2.21. The molecule has 1 amide bonds. The van der Waals surface area contributed by atoms with Crippen molar-refractivity contribution in [3.8, 4) is 11.3 Å². The van der Waals surface area contributed by atoms with Gasteiger partial charge in [0.1, 0.15) is 23.3 Å². The highest BCUT2D eigenvalue weighted by molar-refractivity contribution is 7.99. The third-order valence-electron chi connectivity index (χ3n) is 5.32. The molecule has 1 unspecified atom stereocenters. The molecule has 7 nitrogen and oxygen atoms in total. The lowest BCUT2D eigenvalue weighted by Gasteiger charge is -2.15. The van der Waals surface area contributed by atoms with Gasteiger partial charge in [-0.1, -0.05) is 47.3 Å². The molecule has 36 heavy (non-hydrogen) atoms. The molecule has 0 fully saturated rings. The number of nitrogens with zero attached hydrogens (tertiary/aromatic N) is 1. The first-order valence-electron chi connectivity index (χ1n) is 11.1. The van der Waals surface area contributed by atoms with Crippen molar-refractivity contribution in [3.63, 3.8) is 0 Å². The predicted octanol–water partition coefficient (Wildman–Crippen LogP) is 6.88. The Balaban J connectivity index is 1.45. The number of aromatic nitrogens is 1. The number of aliphatic carboxylic acids is 1. The summed E-state index contributed by atoms with van der Waals surface area (Å²) in [7, 11) is 0. The molecule has 0 saturated carbocycles. The van der Waals surface area contributed by atoms with E-state index < -0.39 is 24.0 Å². The molecule has 1 aromatic heterocycles. The van der Waals surface area contributed by atoms with Crippen molar-refractivity contribution in [2.24, 2.45) is 0 Å². The molecule has 0 aliphatic rings. The lowest BCUT2D eigenvalue weighted by molar-refractivity contribution is -0.136. The van der Waals surface area contributed by atoms with E-state index in [1.165, 1.54) is 17.8 Å². The molecule has 0 aliphatic heterocycles. The fourth-order valence-corrected chi connectivity index (χ4v) is 4.48. The minimum atomic E-state index is -0.876. The fraction of sp³-hybridized carbons (Fsp3) is 0.148. The number of amides is 1. The van der Waals surface area contributed by atoms with Gasteiger partial charge in [0.2, 0.25) is 0 Å². The van der Waals surface area contributed by atoms with Crippen LogP contribution in [0.25, 0.3) is 11.3 Å². The summed E-state index contributed by atoms with van der Waals surface area (Å²) in [4.78, 5) is 25.4. The molecule has 4 aromatic rings. The summed E-state index contributed by atoms with van der Waals surface area (Å²) in [6.07, 6.45) is -1.58. The van der Waals surface area contributed by atoms with Crippen LogP contribution < -0.4 is 5.32 Å². The molecule has 2 N–H and O–H groups in total. The number of carbonyl (C=O) groups is 2. The minimum absolute atomic E-state index is 0.0323. The highest BCUT2D eigenvalue weighted by atomic mass is 32.2. The number of benzene rings is 3. The number of aryl methyl sites for hydroxylation is 1. The summed E-state index contributed by atoms with van der Waals surface area (Å²) in [5.41, 5.74) is 2.53. The average molecular weight is 507 g/mol. The monoisotopic (exact) mass is 506 g/mol. The van der Waals surface area contributed by atoms with Crippen molar-refractivity contribution < 1.29 is 28.3 Å². The Bertz CT molecular complexity index is 1390. The number of carboxylic acids is 1. The third kappa shape index (κ3) is 6.11. The molecule has 3 aromatic carbocycles. The van der Waals surface area contributed by atoms with Gasteiger partial charge in [-0.15, -0.1) is 0 Å². The largest absolute Gasteiger partial charge is 0.481 e. The van der Waals surface area contributed by atoms with Crippen LogP contribution in [0.3, 0.4) is 0 Å². The van der Waals surface area contributed by atoms with Crippen molar-refractivity contribution in [2.45, 2.75) is 36.2 Å². The first kappa shape index (κ1) is 25.0. The van der Waals surface area contributed by atoms with Crippen LogP contribution in [0.1, 0.15) is 29.8 Å². The molecule has 0 aliphatic carbocycles. The molecular weight excluding hydrogens is 483 g/mol. The van der Waals surface area contributed by atoms with E-state index in [2.05, 4.69) is 10.5 Å². The Kier molecular flexibility index (Phi) is 7.70. The van der Waals surface area contributed by atoms with Crippen LogP contribution in [0.4, 0.5) is 14.9 Å². The second kappa shape index (κ2) is 11.1. The van der Waals surface area contributed by atoms with Crippen LogP contribution in [0.5, 0.6) is 0 Å². The Hall–Kier alpha value is -4.11. The van der Waals surface area contributed by atoms with Crippen molar-refractivity contribution in [1.82, 2.24) is 5.16 Å². The van der Waals surface area contributed by atoms with Gasteiger partial charge in [0.25, 0.3) is 0 Å². The standard InChI is InChI=1S/C27H23FN2O5S/c1-16-25(29-27(33)34-17(2)22-8-3-4-9-23(22)28)26(35-30-16)19-10-12-20(13-11-19)36-21-7-5-6-18(14-21)15-24(31)32/h3-14,17H,15H2,1-2H3,(H,29,33)(H,31,32). The summed E-state index contributed by atoms with van der Waals surface area (Å²) in [5, 5.41) is 15.6. The zero-order valence-corrected chi connectivity index (χ0v) is 20.3. The molecule has 1 heterocycles. The van der Waals surface area contributed by atoms with Crippen molar-refractivity contribution in [1.29, 1.82) is 0 Å². The Labute approximate surface area is 211 Å². The summed E-state index contributed by atoms with van der Waals surface area (Å²) in [6, 6.07) is 20.9. The quantitative estimate of drug-likeness (QED) is 0.269. The molecular formula is C27H23FN2O5S. The van der Waals surface area contributed by atoms with E-state index in [4.69, 9.17) is 14.4 Å². The lowest BCUT2D eigenvalue weighted by Crippen LogP contribution is -2.17. The van der Waals surface area contributed by atoms with Gasteiger partial charge in [0, 0.05) is 20.9 Å². The number of ether oxygens (including phenoxy) is 1. The number of hydrogen-bond donors (Lipinski definition) is 2. The van der Waals surface area contributed by atoms with E-state index in [0.717, 1.165) is 15.4 Å². The minimum Gasteiger partial charge on any atom is -0.481 e. The first-order valence-corrected chi connectivity index (χ1v) is 11.9. The molecule has 1 atom stereocenters. The van der Waals surface area contributed by atoms with Crippen LogP contribution >= 0.6 is 11.8 Å². The third-order valence-corrected chi connectivity index (χ3v) is 6.32. The van der Waals surface area contributed by atoms with Crippen LogP contribution in [0.15, 0.2) is 87.1 Å². The van der Waals surface area contributed by atoms with E-state index in [9.17, 15) is 14.0 Å². The van der Waals surface area contributed by atoms with E-state index in [0.29, 0.717) is 22.7 Å². The van der Waals surface area contributed by atoms with E-state index in [-0.39, 0.29) is 12.0 Å². The molecule has 0 bridgehead atoms. The fourth-order valence-electron chi connectivity index (χ4n) is 3.58. The molecule has 0 spiro atoms. The van der Waals surface area contributed by atoms with E-state index >= 15 is 0 Å². The molecule has 0 radical (unpaired) electrons. The van der Waals surface area contributed by atoms with Gasteiger partial charge in [-0.2, -0.15) is 0 Å². The number of hydrogen-bond acceptors (Lipinski definition) is 6. The van der Waals surface area contributed by atoms with Gasteiger partial charge in [-0.25, -0.2) is 9.18 Å². The van der Waals surface area contributed by atoms with Gasteiger partial charge in [-0.05, 0) is 61.9 Å². The lowest BCUT2D eigenvalue weighted by atomic mass is 10.1. The van der Waals surface area contributed by atoms with Crippen LogP contribution in [0.2, 0.25) is 0 Å². The summed E-state index contributed by atoms with van der Waals surface area (Å²) >= 11 is 1.50. The summed E-state index contributed by atoms with van der Waals surface area (Å²) in [6.45, 7) is 3.28. The summed E-state index contributed by atoms with van der Waals surface area (Å²) in [5.74, 6) is -0.965. The number of carbonyl (C=O) groups excluding carboxylic acids is 1. The average Bonchev–Trinajstić information content (AvgIpc) is 3.19. The molecule has 184 valence electrons. The van der Waals surface area contributed by atoms with Crippen LogP contribution in [-0.2, 0) is 16.0 Å². The number of rotatable bonds is 8. The Morgan fingerprint density at radius 3 is 2.56 bits per heavy atom. The topological polar surface area (TPSA) is 102 Å². The highest BCUT2D eigenvalue weighted by Crippen LogP contribution is 2.34. The zero-order valence-electron chi connectivity index (χ0n) is 19.5. The molecule has 0 saturated heterocycles. The zero-order chi connectivity index (χ0) is 25.7. The van der Waals surface area contributed by atoms with Gasteiger partial charge in [0.15, 0.2) is 5.76 Å². The number of carboxylic acid groups (broad SMARTS) is 1. The summed E-state index contributed by atoms with van der Waals surface area (Å²) < 4.78 is 24.8. The van der Waals surface area contributed by atoms with E-state index in [1.807, 2.05) is 42.5 Å². The second-order valence-corrected chi connectivity index (χ2v) is 9.16. The molecule has 9 heteroatoms. The normalized spacial score (nSPS) is 11.6. The SMILES string of the molecule is Cc1noc(-c2ccc(Sc3cccc(CC(=O)O)c3)cc2)c1NC(=O)OC(C)c1ccccc1F. The Morgan fingerprint density at radius 2 is 1.83 bits per heavy atom. The van der Waals surface area contributed by atoms with Crippen molar-refractivity contribution in [2.75, 3.05) is 5.32 Å². The maximum atomic E-state index is 14.0. The molecule has 4 rings (SSSR count). The van der Waals surface area contributed by atoms with Crippen molar-refractivity contribution >= 4 is 29.5 Å². The smallest absolute Gasteiger partial charge is 0.412 e. The van der Waals surface area contributed by atoms with Gasteiger partial charge >= 0.3 is 12.1 Å².